The Morgan fingerprint density at radius 1 is 1.50 bits per heavy atom. The Bertz CT molecular complexity index is 711. The van der Waals surface area contributed by atoms with Crippen molar-refractivity contribution in [3.8, 4) is 0 Å². The summed E-state index contributed by atoms with van der Waals surface area (Å²) < 4.78 is 0. The highest BCUT2D eigenvalue weighted by Gasteiger charge is 2.22. The van der Waals surface area contributed by atoms with E-state index in [2.05, 4.69) is 21.9 Å². The molecular formula is C16H19N3OS2. The summed E-state index contributed by atoms with van der Waals surface area (Å²) in [5.41, 5.74) is 1.41. The minimum Gasteiger partial charge on any atom is -0.352 e. The Morgan fingerprint density at radius 2 is 2.32 bits per heavy atom. The number of hydrogen-bond donors (Lipinski definition) is 1. The highest BCUT2D eigenvalue weighted by molar-refractivity contribution is 8.00. The molecule has 0 aromatic carbocycles. The summed E-state index contributed by atoms with van der Waals surface area (Å²) in [6.07, 6.45) is 8.04. The maximum absolute atomic E-state index is 12.0. The van der Waals surface area contributed by atoms with E-state index >= 15 is 0 Å². The molecule has 1 N–H and O–H groups in total. The molecule has 3 rings (SSSR count). The fourth-order valence-corrected chi connectivity index (χ4v) is 4.95. The quantitative estimate of drug-likeness (QED) is 0.518. The van der Waals surface area contributed by atoms with E-state index in [0.717, 1.165) is 22.7 Å². The van der Waals surface area contributed by atoms with Crippen LogP contribution in [0.3, 0.4) is 0 Å². The normalized spacial score (nSPS) is 15.3. The Balaban J connectivity index is 1.89. The molecule has 2 heterocycles. The summed E-state index contributed by atoms with van der Waals surface area (Å²) in [5, 5.41) is 4.77. The molecule has 0 aliphatic heterocycles. The first kappa shape index (κ1) is 15.5. The van der Waals surface area contributed by atoms with Crippen molar-refractivity contribution < 1.29 is 4.79 Å². The van der Waals surface area contributed by atoms with Crippen molar-refractivity contribution in [3.63, 3.8) is 0 Å². The zero-order valence-corrected chi connectivity index (χ0v) is 14.2. The molecule has 0 saturated heterocycles. The van der Waals surface area contributed by atoms with Crippen molar-refractivity contribution in [3.05, 3.63) is 29.4 Å². The van der Waals surface area contributed by atoms with E-state index in [1.165, 1.54) is 40.4 Å². The third-order valence-electron chi connectivity index (χ3n) is 3.79. The van der Waals surface area contributed by atoms with Gasteiger partial charge < -0.3 is 5.32 Å². The van der Waals surface area contributed by atoms with Gasteiger partial charge >= 0.3 is 0 Å². The second kappa shape index (κ2) is 6.79. The minimum absolute atomic E-state index is 0.0146. The van der Waals surface area contributed by atoms with Gasteiger partial charge in [-0.05, 0) is 38.2 Å². The summed E-state index contributed by atoms with van der Waals surface area (Å²) in [4.78, 5) is 23.4. The molecule has 1 aliphatic carbocycles. The lowest BCUT2D eigenvalue weighted by atomic mass is 9.97. The molecule has 2 aromatic rings. The lowest BCUT2D eigenvalue weighted by Gasteiger charge is -2.13. The molecule has 0 fully saturated rings. The van der Waals surface area contributed by atoms with Crippen LogP contribution in [0.15, 0.2) is 24.0 Å². The van der Waals surface area contributed by atoms with Gasteiger partial charge in [-0.25, -0.2) is 9.97 Å². The number of aryl methyl sites for hydroxylation is 2. The van der Waals surface area contributed by atoms with E-state index in [9.17, 15) is 4.79 Å². The Hall–Kier alpha value is -1.40. The number of carbonyl (C=O) groups excluding carboxylic acids is 1. The largest absolute Gasteiger partial charge is 0.352 e. The van der Waals surface area contributed by atoms with Crippen LogP contribution in [-0.2, 0) is 17.6 Å². The number of hydrogen-bond acceptors (Lipinski definition) is 5. The van der Waals surface area contributed by atoms with Crippen LogP contribution in [0.2, 0.25) is 0 Å². The van der Waals surface area contributed by atoms with Gasteiger partial charge in [-0.3, -0.25) is 4.79 Å². The minimum atomic E-state index is -0.183. The average molecular weight is 333 g/mol. The molecule has 0 saturated carbocycles. The second-order valence-electron chi connectivity index (χ2n) is 5.36. The van der Waals surface area contributed by atoms with Crippen LogP contribution in [-0.4, -0.2) is 27.7 Å². The van der Waals surface area contributed by atoms with Crippen molar-refractivity contribution in [2.24, 2.45) is 0 Å². The average Bonchev–Trinajstić information content (AvgIpc) is 2.92. The van der Waals surface area contributed by atoms with Gasteiger partial charge in [-0.2, -0.15) is 0 Å². The van der Waals surface area contributed by atoms with Crippen molar-refractivity contribution in [1.29, 1.82) is 0 Å². The van der Waals surface area contributed by atoms with Gasteiger partial charge in [0, 0.05) is 16.8 Å². The zero-order valence-electron chi connectivity index (χ0n) is 12.6. The van der Waals surface area contributed by atoms with E-state index in [4.69, 9.17) is 0 Å². The first-order chi connectivity index (χ1) is 10.7. The maximum atomic E-state index is 12.0. The van der Waals surface area contributed by atoms with Gasteiger partial charge in [-0.15, -0.1) is 17.9 Å². The molecule has 116 valence electrons. The molecule has 1 atom stereocenters. The molecule has 1 aliphatic rings. The Labute approximate surface area is 138 Å². The van der Waals surface area contributed by atoms with Gasteiger partial charge in [0.15, 0.2) is 0 Å². The lowest BCUT2D eigenvalue weighted by Crippen LogP contribution is -2.30. The van der Waals surface area contributed by atoms with E-state index in [0.29, 0.717) is 6.54 Å². The molecule has 4 nitrogen and oxygen atoms in total. The topological polar surface area (TPSA) is 54.9 Å². The standard InChI is InChI=1S/C16H19N3OS2/c1-3-8-17-14(20)10(2)21-15-13-11-6-4-5-7-12(11)22-16(13)19-9-18-15/h3,9-10H,1,4-8H2,2H3,(H,17,20)/t10-/m1/s1. The summed E-state index contributed by atoms with van der Waals surface area (Å²) >= 11 is 3.30. The highest BCUT2D eigenvalue weighted by atomic mass is 32.2. The number of amides is 1. The molecule has 0 spiro atoms. The van der Waals surface area contributed by atoms with Crippen molar-refractivity contribution in [2.75, 3.05) is 6.54 Å². The summed E-state index contributed by atoms with van der Waals surface area (Å²) in [5.74, 6) is 0.0146. The predicted molar refractivity (Wildman–Crippen MR) is 92.6 cm³/mol. The van der Waals surface area contributed by atoms with Crippen LogP contribution < -0.4 is 5.32 Å². The van der Waals surface area contributed by atoms with Crippen molar-refractivity contribution in [2.45, 2.75) is 42.9 Å². The number of thioether (sulfide) groups is 1. The van der Waals surface area contributed by atoms with Crippen LogP contribution in [0.1, 0.15) is 30.2 Å². The van der Waals surface area contributed by atoms with E-state index in [1.807, 2.05) is 6.92 Å². The van der Waals surface area contributed by atoms with E-state index in [1.54, 1.807) is 23.7 Å². The molecular weight excluding hydrogens is 314 g/mol. The number of carbonyl (C=O) groups is 1. The molecule has 6 heteroatoms. The fraction of sp³-hybridized carbons (Fsp3) is 0.438. The molecule has 2 aromatic heterocycles. The maximum Gasteiger partial charge on any atom is 0.233 e. The Morgan fingerprint density at radius 3 is 3.14 bits per heavy atom. The van der Waals surface area contributed by atoms with Crippen molar-refractivity contribution in [1.82, 2.24) is 15.3 Å². The molecule has 0 unspecified atom stereocenters. The van der Waals surface area contributed by atoms with Gasteiger partial charge in [0.25, 0.3) is 0 Å². The number of nitrogens with zero attached hydrogens (tertiary/aromatic N) is 2. The molecule has 22 heavy (non-hydrogen) atoms. The summed E-state index contributed by atoms with van der Waals surface area (Å²) in [6.45, 7) is 6.03. The monoisotopic (exact) mass is 333 g/mol. The van der Waals surface area contributed by atoms with Gasteiger partial charge in [0.05, 0.1) is 5.25 Å². The van der Waals surface area contributed by atoms with Gasteiger partial charge in [-0.1, -0.05) is 17.8 Å². The smallest absolute Gasteiger partial charge is 0.233 e. The van der Waals surface area contributed by atoms with Crippen LogP contribution in [0.25, 0.3) is 10.2 Å². The van der Waals surface area contributed by atoms with Gasteiger partial charge in [0.2, 0.25) is 5.91 Å². The second-order valence-corrected chi connectivity index (χ2v) is 7.78. The summed E-state index contributed by atoms with van der Waals surface area (Å²) in [6, 6.07) is 0. The number of fused-ring (bicyclic) bond motifs is 3. The van der Waals surface area contributed by atoms with Crippen LogP contribution >= 0.6 is 23.1 Å². The highest BCUT2D eigenvalue weighted by Crippen LogP contribution is 2.40. The van der Waals surface area contributed by atoms with Crippen LogP contribution in [0.4, 0.5) is 0 Å². The Kier molecular flexibility index (Phi) is 4.78. The molecule has 1 amide bonds. The molecule has 0 radical (unpaired) electrons. The molecule has 0 bridgehead atoms. The third kappa shape index (κ3) is 3.03. The third-order valence-corrected chi connectivity index (χ3v) is 6.10. The van der Waals surface area contributed by atoms with Crippen molar-refractivity contribution >= 4 is 39.2 Å². The lowest BCUT2D eigenvalue weighted by molar-refractivity contribution is -0.120. The number of aromatic nitrogens is 2. The zero-order chi connectivity index (χ0) is 15.5. The number of thiophene rings is 1. The first-order valence-corrected chi connectivity index (χ1v) is 9.21. The van der Waals surface area contributed by atoms with Gasteiger partial charge in [0.1, 0.15) is 16.2 Å². The predicted octanol–water partition coefficient (Wildman–Crippen LogP) is 3.35. The number of rotatable bonds is 5. The first-order valence-electron chi connectivity index (χ1n) is 7.51. The van der Waals surface area contributed by atoms with E-state index < -0.39 is 0 Å². The van der Waals surface area contributed by atoms with Crippen LogP contribution in [0.5, 0.6) is 0 Å². The summed E-state index contributed by atoms with van der Waals surface area (Å²) in [7, 11) is 0. The SMILES string of the molecule is C=CCNC(=O)[C@@H](C)Sc1ncnc2sc3c(c12)CCCC3. The fourth-order valence-electron chi connectivity index (χ4n) is 2.69. The number of nitrogens with one attached hydrogen (secondary N) is 1. The van der Waals surface area contributed by atoms with Crippen LogP contribution in [0, 0.1) is 0 Å². The van der Waals surface area contributed by atoms with E-state index in [-0.39, 0.29) is 11.2 Å².